The van der Waals surface area contributed by atoms with Gasteiger partial charge in [-0.15, -0.1) is 0 Å². The first-order chi connectivity index (χ1) is 35.1. The van der Waals surface area contributed by atoms with E-state index in [0.717, 1.165) is 17.7 Å². The molecule has 0 aromatic rings. The Balaban J connectivity index is 1.78. The minimum atomic E-state index is -1.90. The molecule has 3 fully saturated rings. The van der Waals surface area contributed by atoms with E-state index in [1.807, 2.05) is 0 Å². The van der Waals surface area contributed by atoms with Crippen molar-refractivity contribution in [2.24, 2.45) is 11.3 Å². The average molecular weight is 1100 g/mol. The Hall–Kier alpha value is -4.92. The molecule has 0 radical (unpaired) electrons. The quantitative estimate of drug-likeness (QED) is 0.0992. The highest BCUT2D eigenvalue weighted by Gasteiger charge is 2.57. The molecule has 6 amide bonds. The van der Waals surface area contributed by atoms with Crippen molar-refractivity contribution >= 4 is 36.4 Å². The average Bonchev–Trinajstić information content (AvgIpc) is 4.01. The second-order valence-corrected chi connectivity index (χ2v) is 25.9. The molecule has 1 saturated heterocycles. The number of nitrogens with zero attached hydrogens (tertiary/aromatic N) is 1. The summed E-state index contributed by atoms with van der Waals surface area (Å²) in [5, 5.41) is 64.8. The molecule has 2 heterocycles. The summed E-state index contributed by atoms with van der Waals surface area (Å²) < 4.78 is 46.8. The number of aliphatic hydroxyl groups is 4. The zero-order valence-corrected chi connectivity index (χ0v) is 48.2. The largest absolute Gasteiger partial charge is 0.491 e. The molecule has 2 aliphatic heterocycles. The van der Waals surface area contributed by atoms with Gasteiger partial charge in [-0.05, 0) is 143 Å². The fraction of sp³-hybridized carbons (Fsp3) is 0.846. The maximum atomic E-state index is 14.0. The Morgan fingerprint density at radius 2 is 1.21 bits per heavy atom. The summed E-state index contributed by atoms with van der Waals surface area (Å²) in [6.45, 7) is 26.4. The molecule has 2 saturated carbocycles. The van der Waals surface area contributed by atoms with Gasteiger partial charge in [0.15, 0.2) is 6.29 Å². The first kappa shape index (κ1) is 64.6. The van der Waals surface area contributed by atoms with Gasteiger partial charge in [-0.3, -0.25) is 4.79 Å². The molecule has 25 nitrogen and oxygen atoms in total. The van der Waals surface area contributed by atoms with Gasteiger partial charge in [0.1, 0.15) is 63.8 Å². The fourth-order valence-corrected chi connectivity index (χ4v) is 9.18. The van der Waals surface area contributed by atoms with Gasteiger partial charge in [0.2, 0.25) is 0 Å². The number of aliphatic hydroxyl groups excluding tert-OH is 3. The van der Waals surface area contributed by atoms with Crippen molar-refractivity contribution in [3.8, 4) is 0 Å². The van der Waals surface area contributed by atoms with Crippen molar-refractivity contribution in [3.05, 3.63) is 11.8 Å². The maximum Gasteiger partial charge on any atom is 0.410 e. The van der Waals surface area contributed by atoms with E-state index in [-0.39, 0.29) is 24.8 Å². The summed E-state index contributed by atoms with van der Waals surface area (Å²) in [5.74, 6) is -1.94. The topological polar surface area (TPSA) is 333 Å². The lowest BCUT2D eigenvalue weighted by Gasteiger charge is -2.52. The van der Waals surface area contributed by atoms with E-state index in [1.165, 1.54) is 14.0 Å². The number of alkyl carbamates (subject to hydrolysis) is 4. The molecule has 0 aromatic carbocycles. The van der Waals surface area contributed by atoms with E-state index in [0.29, 0.717) is 18.8 Å². The van der Waals surface area contributed by atoms with Crippen LogP contribution in [0.3, 0.4) is 0 Å². The van der Waals surface area contributed by atoms with E-state index in [4.69, 9.17) is 37.9 Å². The fourth-order valence-electron chi connectivity index (χ4n) is 9.18. The van der Waals surface area contributed by atoms with Gasteiger partial charge in [0, 0.05) is 37.5 Å². The number of amides is 6. The van der Waals surface area contributed by atoms with E-state index < -0.39 is 150 Å². The van der Waals surface area contributed by atoms with Gasteiger partial charge in [-0.2, -0.15) is 0 Å². The standard InChI is InChI=1S/C52H91N7O18/c1-46(2,3)73-41(64)54-24-32(60)39(63)56-31-22-30(58-44(67)76-49(10,11)12)33(34(61)37(31)72-40-35(62)38(51(16,69)27-70-40)59(17)45(68)77-50(13,14)15)36-29(57-43(66)75-48(7,8)9)19-18-28(71-36)23-53-25-52(20-21-52)26-55-42(65)74-47(4,5)6/h18,29-38,40,53,60-62,69H,19-27H2,1-17H3,(H,54,64)(H,55,65)(H,56,63)(H,57,66)(H,58,67)/t29-,30+,31-,32+,33-,34+,35-,36?,37+,38-,40-,51+/m1/s1. The van der Waals surface area contributed by atoms with Crippen molar-refractivity contribution < 1.29 is 87.1 Å². The van der Waals surface area contributed by atoms with Crippen molar-refractivity contribution in [1.29, 1.82) is 0 Å². The first-order valence-corrected chi connectivity index (χ1v) is 26.4. The molecule has 0 bridgehead atoms. The molecule has 12 atom stereocenters. The molecule has 10 N–H and O–H groups in total. The summed E-state index contributed by atoms with van der Waals surface area (Å²) in [5.41, 5.74) is -6.62. The predicted octanol–water partition coefficient (Wildman–Crippen LogP) is 3.18. The molecular formula is C52H91N7O18. The van der Waals surface area contributed by atoms with Crippen LogP contribution < -0.4 is 31.9 Å². The van der Waals surface area contributed by atoms with Crippen LogP contribution in [0.5, 0.6) is 0 Å². The number of carbonyl (C=O) groups excluding carboxylic acids is 6. The van der Waals surface area contributed by atoms with Gasteiger partial charge >= 0.3 is 30.5 Å². The van der Waals surface area contributed by atoms with E-state index in [1.54, 1.807) is 110 Å². The highest BCUT2D eigenvalue weighted by Crippen LogP contribution is 2.45. The van der Waals surface area contributed by atoms with Crippen molar-refractivity contribution in [3.63, 3.8) is 0 Å². The highest BCUT2D eigenvalue weighted by atomic mass is 16.7. The van der Waals surface area contributed by atoms with Crippen LogP contribution in [-0.2, 0) is 42.7 Å². The Morgan fingerprint density at radius 1 is 0.701 bits per heavy atom. The van der Waals surface area contributed by atoms with Crippen molar-refractivity contribution in [2.75, 3.05) is 39.8 Å². The summed E-state index contributed by atoms with van der Waals surface area (Å²) in [6.07, 6.45) is -11.0. The van der Waals surface area contributed by atoms with Crippen LogP contribution >= 0.6 is 0 Å². The Labute approximate surface area is 453 Å². The lowest BCUT2D eigenvalue weighted by Crippen LogP contribution is -2.71. The van der Waals surface area contributed by atoms with Crippen LogP contribution in [0.15, 0.2) is 11.8 Å². The Kier molecular flexibility index (Phi) is 21.0. The Morgan fingerprint density at radius 3 is 1.73 bits per heavy atom. The second kappa shape index (κ2) is 25.0. The number of likely N-dealkylation sites (N-methyl/N-ethyl adjacent to an activating group) is 1. The van der Waals surface area contributed by atoms with Gasteiger partial charge in [-0.25, -0.2) is 24.0 Å². The molecule has 4 aliphatic rings. The summed E-state index contributed by atoms with van der Waals surface area (Å²) in [6, 6.07) is -4.96. The molecular weight excluding hydrogens is 1010 g/mol. The summed E-state index contributed by atoms with van der Waals surface area (Å²) in [7, 11) is 1.32. The van der Waals surface area contributed by atoms with Crippen LogP contribution in [0.1, 0.15) is 136 Å². The van der Waals surface area contributed by atoms with Gasteiger partial charge < -0.3 is 95.1 Å². The van der Waals surface area contributed by atoms with Gasteiger partial charge in [-0.1, -0.05) is 0 Å². The minimum absolute atomic E-state index is 0.120. The number of hydrogen-bond donors (Lipinski definition) is 10. The SMILES string of the molecule is CN(C(=O)OC(C)(C)C)[C@@H]1[C@@H](O)[C@@H](O[C@@H]2[C@@H](O)[C@H](C3OC(CNCC4(CNC(=O)OC(C)(C)C)CC4)=CC[C@H]3NC(=O)OC(C)(C)C)[C@@H](NC(=O)OC(C)(C)C)C[C@H]2NC(=O)[C@@H](O)CNC(=O)OC(C)(C)C)OC[C@]1(C)O. The van der Waals surface area contributed by atoms with Crippen molar-refractivity contribution in [1.82, 2.24) is 36.8 Å². The molecule has 77 heavy (non-hydrogen) atoms. The minimum Gasteiger partial charge on any atom is -0.491 e. The molecule has 442 valence electrons. The molecule has 1 unspecified atom stereocenters. The summed E-state index contributed by atoms with van der Waals surface area (Å²) in [4.78, 5) is 80.9. The zero-order chi connectivity index (χ0) is 58.4. The van der Waals surface area contributed by atoms with Crippen LogP contribution in [0.25, 0.3) is 0 Å². The number of ether oxygens (including phenoxy) is 8. The molecule has 25 heteroatoms. The van der Waals surface area contributed by atoms with Crippen LogP contribution in [0.2, 0.25) is 0 Å². The monoisotopic (exact) mass is 1100 g/mol. The van der Waals surface area contributed by atoms with E-state index >= 15 is 0 Å². The third-order valence-electron chi connectivity index (χ3n) is 12.6. The lowest BCUT2D eigenvalue weighted by molar-refractivity contribution is -0.305. The number of nitrogens with one attached hydrogen (secondary N) is 6. The molecule has 4 rings (SSSR count). The third-order valence-corrected chi connectivity index (χ3v) is 12.6. The van der Waals surface area contributed by atoms with Crippen LogP contribution in [-0.4, -0.2) is 196 Å². The van der Waals surface area contributed by atoms with Gasteiger partial charge in [0.25, 0.3) is 5.91 Å². The predicted molar refractivity (Wildman–Crippen MR) is 278 cm³/mol. The highest BCUT2D eigenvalue weighted by molar-refractivity contribution is 5.82. The van der Waals surface area contributed by atoms with E-state index in [2.05, 4.69) is 31.9 Å². The van der Waals surface area contributed by atoms with Crippen LogP contribution in [0, 0.1) is 11.3 Å². The van der Waals surface area contributed by atoms with Gasteiger partial charge in [0.05, 0.1) is 43.9 Å². The first-order valence-electron chi connectivity index (χ1n) is 26.4. The summed E-state index contributed by atoms with van der Waals surface area (Å²) >= 11 is 0. The maximum absolute atomic E-state index is 14.0. The van der Waals surface area contributed by atoms with Crippen molar-refractivity contribution in [2.45, 2.75) is 231 Å². The third kappa shape index (κ3) is 20.7. The van der Waals surface area contributed by atoms with E-state index in [9.17, 15) is 49.2 Å². The molecule has 2 aliphatic carbocycles. The molecule has 0 spiro atoms. The molecule has 0 aromatic heterocycles. The number of rotatable bonds is 16. The second-order valence-electron chi connectivity index (χ2n) is 25.9. The lowest BCUT2D eigenvalue weighted by atomic mass is 9.72. The number of hydrogen-bond acceptors (Lipinski definition) is 19. The van der Waals surface area contributed by atoms with Crippen LogP contribution in [0.4, 0.5) is 24.0 Å². The smallest absolute Gasteiger partial charge is 0.410 e. The Bertz CT molecular complexity index is 2090. The normalized spacial score (nSPS) is 28.9. The number of carbonyl (C=O) groups is 6. The zero-order valence-electron chi connectivity index (χ0n) is 48.2.